The molecule has 0 aromatic carbocycles. The highest BCUT2D eigenvalue weighted by atomic mass is 19.1. The number of rotatable bonds is 0. The van der Waals surface area contributed by atoms with Gasteiger partial charge in [0.1, 0.15) is 6.17 Å². The number of fused-ring (bicyclic) bond motifs is 5. The molecule has 0 saturated heterocycles. The second-order valence-corrected chi connectivity index (χ2v) is 9.41. The number of aliphatic hydroxyl groups is 1. The summed E-state index contributed by atoms with van der Waals surface area (Å²) in [5, 5.41) is 10.1. The van der Waals surface area contributed by atoms with Crippen LogP contribution in [0.5, 0.6) is 0 Å². The molecule has 3 N–H and O–H groups in total. The Balaban J connectivity index is 1.63. The first-order valence-electron chi connectivity index (χ1n) is 9.44. The van der Waals surface area contributed by atoms with Crippen LogP contribution in [0.25, 0.3) is 0 Å². The van der Waals surface area contributed by atoms with Crippen LogP contribution < -0.4 is 5.73 Å². The van der Waals surface area contributed by atoms with Crippen LogP contribution >= 0.6 is 0 Å². The summed E-state index contributed by atoms with van der Waals surface area (Å²) in [7, 11) is 0. The summed E-state index contributed by atoms with van der Waals surface area (Å²) in [5.74, 6) is 2.57. The number of halogens is 1. The molecule has 3 heteroatoms. The molecule has 0 aromatic heterocycles. The minimum absolute atomic E-state index is 0.0258. The van der Waals surface area contributed by atoms with Crippen LogP contribution in [-0.2, 0) is 0 Å². The first-order valence-corrected chi connectivity index (χ1v) is 9.44. The first kappa shape index (κ1) is 15.4. The van der Waals surface area contributed by atoms with E-state index in [2.05, 4.69) is 13.8 Å². The van der Waals surface area contributed by atoms with Crippen molar-refractivity contribution in [3.05, 3.63) is 0 Å². The van der Waals surface area contributed by atoms with Crippen LogP contribution in [-0.4, -0.2) is 23.4 Å². The van der Waals surface area contributed by atoms with E-state index in [4.69, 9.17) is 5.73 Å². The molecule has 126 valence electrons. The van der Waals surface area contributed by atoms with Gasteiger partial charge >= 0.3 is 0 Å². The standard InChI is InChI=1S/C19H32FNO/c1-18-7-5-12(22)9-11(18)3-4-13-14(18)6-8-19(2)15(13)10-16(20)17(19)21/h11-17,22H,3-10,21H2,1-2H3/t11-,12-,13-,14+,15+,16+,17-,18+,19+/m1/s1. The summed E-state index contributed by atoms with van der Waals surface area (Å²) in [6, 6.07) is -0.253. The third kappa shape index (κ3) is 1.90. The summed E-state index contributed by atoms with van der Waals surface area (Å²) in [6.45, 7) is 4.74. The summed E-state index contributed by atoms with van der Waals surface area (Å²) in [4.78, 5) is 0. The van der Waals surface area contributed by atoms with Gasteiger partial charge in [0.25, 0.3) is 0 Å². The third-order valence-corrected chi connectivity index (χ3v) is 8.71. The van der Waals surface area contributed by atoms with Crippen molar-refractivity contribution >= 4 is 0 Å². The Labute approximate surface area is 134 Å². The van der Waals surface area contributed by atoms with Gasteiger partial charge in [-0.05, 0) is 85.9 Å². The Bertz CT molecular complexity index is 457. The highest BCUT2D eigenvalue weighted by Gasteiger charge is 2.61. The maximum Gasteiger partial charge on any atom is 0.116 e. The second-order valence-electron chi connectivity index (χ2n) is 9.41. The Kier molecular flexibility index (Phi) is 3.44. The predicted molar refractivity (Wildman–Crippen MR) is 86.0 cm³/mol. The molecule has 4 saturated carbocycles. The SMILES string of the molecule is C[C@]12CC[C@@H](O)C[C@H]1CC[C@@H]1[C@@H]2CC[C@]2(C)[C@H](N)[C@@H](F)C[C@@H]12. The molecular formula is C19H32FNO. The van der Waals surface area contributed by atoms with Crippen molar-refractivity contribution in [1.82, 2.24) is 0 Å². The lowest BCUT2D eigenvalue weighted by Gasteiger charge is -2.60. The zero-order valence-corrected chi connectivity index (χ0v) is 14.1. The molecule has 0 aliphatic heterocycles. The van der Waals surface area contributed by atoms with E-state index in [-0.39, 0.29) is 17.6 Å². The van der Waals surface area contributed by atoms with Crippen molar-refractivity contribution in [3.63, 3.8) is 0 Å². The zero-order chi connectivity index (χ0) is 15.7. The lowest BCUT2D eigenvalue weighted by molar-refractivity contribution is -0.122. The van der Waals surface area contributed by atoms with Crippen LogP contribution in [0.15, 0.2) is 0 Å². The Hall–Kier alpha value is -0.150. The van der Waals surface area contributed by atoms with Crippen molar-refractivity contribution < 1.29 is 9.50 Å². The van der Waals surface area contributed by atoms with E-state index >= 15 is 0 Å². The molecule has 4 aliphatic rings. The van der Waals surface area contributed by atoms with Crippen LogP contribution in [0.1, 0.15) is 65.2 Å². The van der Waals surface area contributed by atoms with E-state index in [1.54, 1.807) is 0 Å². The van der Waals surface area contributed by atoms with Crippen LogP contribution in [0, 0.1) is 34.5 Å². The van der Waals surface area contributed by atoms with E-state index in [1.165, 1.54) is 19.3 Å². The normalized spacial score (nSPS) is 61.2. The van der Waals surface area contributed by atoms with Crippen molar-refractivity contribution in [2.45, 2.75) is 83.5 Å². The van der Waals surface area contributed by atoms with Gasteiger partial charge in [-0.2, -0.15) is 0 Å². The average Bonchev–Trinajstić information content (AvgIpc) is 2.72. The molecule has 4 rings (SSSR count). The minimum Gasteiger partial charge on any atom is -0.393 e. The Morgan fingerprint density at radius 2 is 1.68 bits per heavy atom. The van der Waals surface area contributed by atoms with Crippen molar-refractivity contribution in [2.75, 3.05) is 0 Å². The molecule has 0 heterocycles. The molecule has 2 nitrogen and oxygen atoms in total. The third-order valence-electron chi connectivity index (χ3n) is 8.71. The fraction of sp³-hybridized carbons (Fsp3) is 1.00. The van der Waals surface area contributed by atoms with E-state index in [1.807, 2.05) is 0 Å². The summed E-state index contributed by atoms with van der Waals surface area (Å²) in [5.41, 5.74) is 6.67. The number of alkyl halides is 1. The van der Waals surface area contributed by atoms with E-state index in [0.29, 0.717) is 29.6 Å². The smallest absolute Gasteiger partial charge is 0.116 e. The summed E-state index contributed by atoms with van der Waals surface area (Å²) < 4.78 is 14.3. The molecule has 0 unspecified atom stereocenters. The van der Waals surface area contributed by atoms with Crippen LogP contribution in [0.3, 0.4) is 0 Å². The average molecular weight is 309 g/mol. The molecule has 4 fully saturated rings. The van der Waals surface area contributed by atoms with Gasteiger partial charge in [-0.25, -0.2) is 4.39 Å². The van der Waals surface area contributed by atoms with Crippen LogP contribution in [0.4, 0.5) is 4.39 Å². The first-order chi connectivity index (χ1) is 10.4. The van der Waals surface area contributed by atoms with E-state index < -0.39 is 6.17 Å². The minimum atomic E-state index is -0.799. The van der Waals surface area contributed by atoms with Gasteiger partial charge in [0.15, 0.2) is 0 Å². The maximum atomic E-state index is 14.3. The number of hydrogen-bond donors (Lipinski definition) is 2. The number of nitrogens with two attached hydrogens (primary N) is 1. The highest BCUT2D eigenvalue weighted by molar-refractivity contribution is 5.12. The summed E-state index contributed by atoms with van der Waals surface area (Å²) >= 11 is 0. The quantitative estimate of drug-likeness (QED) is 0.717. The Morgan fingerprint density at radius 1 is 0.955 bits per heavy atom. The number of hydrogen-bond acceptors (Lipinski definition) is 2. The largest absolute Gasteiger partial charge is 0.393 e. The van der Waals surface area contributed by atoms with Crippen molar-refractivity contribution in [1.29, 1.82) is 0 Å². The monoisotopic (exact) mass is 309 g/mol. The van der Waals surface area contributed by atoms with Crippen molar-refractivity contribution in [2.24, 2.45) is 40.2 Å². The fourth-order valence-corrected chi connectivity index (χ4v) is 7.24. The molecule has 0 spiro atoms. The Morgan fingerprint density at radius 3 is 2.45 bits per heavy atom. The molecule has 4 aliphatic carbocycles. The zero-order valence-electron chi connectivity index (χ0n) is 14.1. The molecule has 0 radical (unpaired) electrons. The predicted octanol–water partition coefficient (Wildman–Crippen LogP) is 3.67. The molecular weight excluding hydrogens is 277 g/mol. The maximum absolute atomic E-state index is 14.3. The van der Waals surface area contributed by atoms with Gasteiger partial charge in [0, 0.05) is 6.04 Å². The fourth-order valence-electron chi connectivity index (χ4n) is 7.24. The topological polar surface area (TPSA) is 46.2 Å². The van der Waals surface area contributed by atoms with Gasteiger partial charge in [0.05, 0.1) is 6.10 Å². The lowest BCUT2D eigenvalue weighted by Crippen LogP contribution is -2.55. The van der Waals surface area contributed by atoms with Gasteiger partial charge in [0.2, 0.25) is 0 Å². The molecule has 0 bridgehead atoms. The van der Waals surface area contributed by atoms with E-state index in [9.17, 15) is 9.50 Å². The van der Waals surface area contributed by atoms with E-state index in [0.717, 1.165) is 31.6 Å². The summed E-state index contributed by atoms with van der Waals surface area (Å²) in [6.07, 6.45) is 7.72. The van der Waals surface area contributed by atoms with Crippen LogP contribution in [0.2, 0.25) is 0 Å². The second kappa shape index (κ2) is 4.92. The van der Waals surface area contributed by atoms with Gasteiger partial charge < -0.3 is 10.8 Å². The lowest BCUT2D eigenvalue weighted by atomic mass is 9.45. The molecule has 22 heavy (non-hydrogen) atoms. The molecule has 0 amide bonds. The molecule has 9 atom stereocenters. The highest BCUT2D eigenvalue weighted by Crippen LogP contribution is 2.66. The van der Waals surface area contributed by atoms with Crippen molar-refractivity contribution in [3.8, 4) is 0 Å². The van der Waals surface area contributed by atoms with Gasteiger partial charge in [-0.3, -0.25) is 0 Å². The van der Waals surface area contributed by atoms with Gasteiger partial charge in [-0.1, -0.05) is 13.8 Å². The van der Waals surface area contributed by atoms with Gasteiger partial charge in [-0.15, -0.1) is 0 Å². The molecule has 0 aromatic rings. The number of aliphatic hydroxyl groups excluding tert-OH is 1.